The van der Waals surface area contributed by atoms with E-state index in [9.17, 15) is 4.79 Å². The van der Waals surface area contributed by atoms with Crippen molar-refractivity contribution in [2.75, 3.05) is 17.3 Å². The van der Waals surface area contributed by atoms with Crippen molar-refractivity contribution in [2.45, 2.75) is 31.5 Å². The Morgan fingerprint density at radius 3 is 3.04 bits per heavy atom. The molecule has 0 saturated heterocycles. The number of benzene rings is 2. The summed E-state index contributed by atoms with van der Waals surface area (Å²) in [4.78, 5) is 22.5. The number of imidazole rings is 1. The third-order valence-electron chi connectivity index (χ3n) is 4.55. The Labute approximate surface area is 156 Å². The van der Waals surface area contributed by atoms with Crippen molar-refractivity contribution in [1.82, 2.24) is 9.97 Å². The number of hydrogen-bond donors (Lipinski definition) is 1. The number of carbonyl (C=O) groups is 1. The van der Waals surface area contributed by atoms with Crippen molar-refractivity contribution in [1.29, 1.82) is 0 Å². The van der Waals surface area contributed by atoms with Crippen molar-refractivity contribution in [3.63, 3.8) is 0 Å². The Morgan fingerprint density at radius 2 is 2.19 bits per heavy atom. The number of rotatable bonds is 5. The molecule has 0 bridgehead atoms. The van der Waals surface area contributed by atoms with Gasteiger partial charge in [0.05, 0.1) is 23.4 Å². The first-order valence-electron chi connectivity index (χ1n) is 8.81. The number of nitrogens with one attached hydrogen (secondary N) is 1. The van der Waals surface area contributed by atoms with Gasteiger partial charge < -0.3 is 14.6 Å². The number of thioether (sulfide) groups is 1. The maximum Gasteiger partial charge on any atom is 0.237 e. The van der Waals surface area contributed by atoms with E-state index in [2.05, 4.69) is 23.0 Å². The molecule has 1 aliphatic rings. The SMILES string of the molecule is CCOc1ccc2nc(SCC(=O)N3c4ccccc4C[C@H]3C)[nH]c2c1. The van der Waals surface area contributed by atoms with Crippen molar-refractivity contribution < 1.29 is 9.53 Å². The predicted molar refractivity (Wildman–Crippen MR) is 105 cm³/mol. The molecular weight excluding hydrogens is 346 g/mol. The molecule has 26 heavy (non-hydrogen) atoms. The van der Waals surface area contributed by atoms with Crippen LogP contribution in [-0.2, 0) is 11.2 Å². The summed E-state index contributed by atoms with van der Waals surface area (Å²) in [6.07, 6.45) is 0.914. The van der Waals surface area contributed by atoms with E-state index in [4.69, 9.17) is 4.74 Å². The van der Waals surface area contributed by atoms with E-state index >= 15 is 0 Å². The number of nitrogens with zero attached hydrogens (tertiary/aromatic N) is 2. The van der Waals surface area contributed by atoms with E-state index in [1.807, 2.05) is 48.2 Å². The second kappa shape index (κ2) is 7.03. The Hall–Kier alpha value is -2.47. The maximum absolute atomic E-state index is 12.8. The zero-order valence-corrected chi connectivity index (χ0v) is 15.7. The van der Waals surface area contributed by atoms with Crippen LogP contribution < -0.4 is 9.64 Å². The lowest BCUT2D eigenvalue weighted by Gasteiger charge is -2.22. The minimum Gasteiger partial charge on any atom is -0.494 e. The van der Waals surface area contributed by atoms with Crippen LogP contribution in [0.2, 0.25) is 0 Å². The fourth-order valence-electron chi connectivity index (χ4n) is 3.44. The van der Waals surface area contributed by atoms with Gasteiger partial charge in [-0.05, 0) is 44.0 Å². The van der Waals surface area contributed by atoms with Crippen molar-refractivity contribution in [3.05, 3.63) is 48.0 Å². The van der Waals surface area contributed by atoms with Crippen molar-refractivity contribution >= 4 is 34.4 Å². The van der Waals surface area contributed by atoms with E-state index in [0.717, 1.165) is 34.0 Å². The highest BCUT2D eigenvalue weighted by Gasteiger charge is 2.30. The molecule has 0 spiro atoms. The highest BCUT2D eigenvalue weighted by molar-refractivity contribution is 7.99. The topological polar surface area (TPSA) is 58.2 Å². The Morgan fingerprint density at radius 1 is 1.35 bits per heavy atom. The number of anilines is 1. The first kappa shape index (κ1) is 17.0. The summed E-state index contributed by atoms with van der Waals surface area (Å²) in [5, 5.41) is 0.752. The molecule has 1 aromatic heterocycles. The zero-order chi connectivity index (χ0) is 18.1. The molecule has 0 saturated carbocycles. The third-order valence-corrected chi connectivity index (χ3v) is 5.41. The Kier molecular flexibility index (Phi) is 4.59. The first-order valence-corrected chi connectivity index (χ1v) is 9.79. The van der Waals surface area contributed by atoms with E-state index in [1.165, 1.54) is 17.3 Å². The number of hydrogen-bond acceptors (Lipinski definition) is 4. The number of H-pyrrole nitrogens is 1. The lowest BCUT2D eigenvalue weighted by atomic mass is 10.1. The van der Waals surface area contributed by atoms with Crippen LogP contribution in [-0.4, -0.2) is 34.3 Å². The molecule has 3 aromatic rings. The Balaban J connectivity index is 1.47. The predicted octanol–water partition coefficient (Wildman–Crippen LogP) is 4.03. The van der Waals surface area contributed by atoms with Crippen LogP contribution in [0.15, 0.2) is 47.6 Å². The van der Waals surface area contributed by atoms with Crippen LogP contribution in [0.25, 0.3) is 11.0 Å². The zero-order valence-electron chi connectivity index (χ0n) is 14.9. The third kappa shape index (κ3) is 3.17. The van der Waals surface area contributed by atoms with Gasteiger partial charge in [0.2, 0.25) is 5.91 Å². The lowest BCUT2D eigenvalue weighted by Crippen LogP contribution is -2.36. The number of amides is 1. The van der Waals surface area contributed by atoms with Gasteiger partial charge in [-0.15, -0.1) is 0 Å². The molecule has 1 amide bonds. The molecule has 1 N–H and O–H groups in total. The fraction of sp³-hybridized carbons (Fsp3) is 0.300. The van der Waals surface area contributed by atoms with Gasteiger partial charge in [0.25, 0.3) is 0 Å². The highest BCUT2D eigenvalue weighted by atomic mass is 32.2. The number of aromatic nitrogens is 2. The monoisotopic (exact) mass is 367 g/mol. The van der Waals surface area contributed by atoms with Gasteiger partial charge in [0.15, 0.2) is 5.16 Å². The number of ether oxygens (including phenoxy) is 1. The van der Waals surface area contributed by atoms with E-state index < -0.39 is 0 Å². The van der Waals surface area contributed by atoms with Crippen LogP contribution in [0.1, 0.15) is 19.4 Å². The molecule has 4 rings (SSSR count). The molecular formula is C20H21N3O2S. The molecule has 1 atom stereocenters. The second-order valence-electron chi connectivity index (χ2n) is 6.39. The van der Waals surface area contributed by atoms with Crippen molar-refractivity contribution in [3.8, 4) is 5.75 Å². The molecule has 134 valence electrons. The number of aromatic amines is 1. The van der Waals surface area contributed by atoms with Gasteiger partial charge in [0, 0.05) is 17.8 Å². The second-order valence-corrected chi connectivity index (χ2v) is 7.35. The van der Waals surface area contributed by atoms with Crippen LogP contribution in [0.4, 0.5) is 5.69 Å². The van der Waals surface area contributed by atoms with Crippen molar-refractivity contribution in [2.24, 2.45) is 0 Å². The van der Waals surface area contributed by atoms with E-state index in [0.29, 0.717) is 12.4 Å². The summed E-state index contributed by atoms with van der Waals surface area (Å²) in [5.74, 6) is 1.29. The lowest BCUT2D eigenvalue weighted by molar-refractivity contribution is -0.116. The van der Waals surface area contributed by atoms with Gasteiger partial charge in [-0.3, -0.25) is 4.79 Å². The van der Waals surface area contributed by atoms with Gasteiger partial charge in [-0.1, -0.05) is 30.0 Å². The van der Waals surface area contributed by atoms with Gasteiger partial charge in [-0.25, -0.2) is 4.98 Å². The standard InChI is InChI=1S/C20H21N3O2S/c1-3-25-15-8-9-16-17(11-15)22-20(21-16)26-12-19(24)23-13(2)10-14-6-4-5-7-18(14)23/h4-9,11,13H,3,10,12H2,1-2H3,(H,21,22)/t13-/m1/s1. The summed E-state index contributed by atoms with van der Waals surface area (Å²) in [6.45, 7) is 4.69. The molecule has 0 fully saturated rings. The summed E-state index contributed by atoms with van der Waals surface area (Å²) < 4.78 is 5.52. The molecule has 0 aliphatic carbocycles. The first-order chi connectivity index (χ1) is 12.7. The van der Waals surface area contributed by atoms with Gasteiger partial charge >= 0.3 is 0 Å². The van der Waals surface area contributed by atoms with E-state index in [-0.39, 0.29) is 11.9 Å². The molecule has 0 unspecified atom stereocenters. The number of para-hydroxylation sites is 1. The normalized spacial score (nSPS) is 16.1. The smallest absolute Gasteiger partial charge is 0.237 e. The minimum atomic E-state index is 0.114. The number of fused-ring (bicyclic) bond motifs is 2. The average molecular weight is 367 g/mol. The van der Waals surface area contributed by atoms with Gasteiger partial charge in [0.1, 0.15) is 5.75 Å². The summed E-state index contributed by atoms with van der Waals surface area (Å²) in [5.41, 5.74) is 4.08. The summed E-state index contributed by atoms with van der Waals surface area (Å²) in [6, 6.07) is 14.1. The molecule has 2 aromatic carbocycles. The minimum absolute atomic E-state index is 0.114. The fourth-order valence-corrected chi connectivity index (χ4v) is 4.18. The molecule has 5 nitrogen and oxygen atoms in total. The molecule has 0 radical (unpaired) electrons. The molecule has 1 aliphatic heterocycles. The maximum atomic E-state index is 12.8. The average Bonchev–Trinajstić information content (AvgIpc) is 3.19. The summed E-state index contributed by atoms with van der Waals surface area (Å²) >= 11 is 1.44. The quantitative estimate of drug-likeness (QED) is 0.692. The highest BCUT2D eigenvalue weighted by Crippen LogP contribution is 2.33. The largest absolute Gasteiger partial charge is 0.494 e. The number of carbonyl (C=O) groups excluding carboxylic acids is 1. The van der Waals surface area contributed by atoms with Crippen LogP contribution in [0, 0.1) is 0 Å². The van der Waals surface area contributed by atoms with Crippen LogP contribution in [0.5, 0.6) is 5.75 Å². The summed E-state index contributed by atoms with van der Waals surface area (Å²) in [7, 11) is 0. The van der Waals surface area contributed by atoms with Crippen LogP contribution >= 0.6 is 11.8 Å². The Bertz CT molecular complexity index is 953. The van der Waals surface area contributed by atoms with Gasteiger partial charge in [-0.2, -0.15) is 0 Å². The molecule has 6 heteroatoms. The molecule has 2 heterocycles. The van der Waals surface area contributed by atoms with E-state index in [1.54, 1.807) is 0 Å². The van der Waals surface area contributed by atoms with Crippen LogP contribution in [0.3, 0.4) is 0 Å².